The van der Waals surface area contributed by atoms with Gasteiger partial charge in [0.05, 0.1) is 0 Å². The number of hydrogen-bond acceptors (Lipinski definition) is 2. The van der Waals surface area contributed by atoms with Gasteiger partial charge in [-0.25, -0.2) is 4.39 Å². The van der Waals surface area contributed by atoms with E-state index in [1.807, 2.05) is 6.92 Å². The molecule has 0 aliphatic carbocycles. The minimum atomic E-state index is -0.321. The number of carbonyl (C=O) groups excluding carboxylic acids is 1. The third-order valence-electron chi connectivity index (χ3n) is 4.02. The summed E-state index contributed by atoms with van der Waals surface area (Å²) in [5.74, 6) is -0.215. The molecular formula is C15H20FNO. The molecule has 0 aromatic heterocycles. The lowest BCUT2D eigenvalue weighted by molar-refractivity contribution is 0.0717. The molecule has 2 rings (SSSR count). The van der Waals surface area contributed by atoms with Crippen molar-refractivity contribution in [2.75, 3.05) is 13.1 Å². The second kappa shape index (κ2) is 5.19. The molecule has 0 atom stereocenters. The van der Waals surface area contributed by atoms with Crippen molar-refractivity contribution in [3.8, 4) is 0 Å². The number of hydrogen-bond donors (Lipinski definition) is 1. The zero-order valence-electron chi connectivity index (χ0n) is 11.1. The maximum atomic E-state index is 13.4. The largest absolute Gasteiger partial charge is 0.317 e. The maximum Gasteiger partial charge on any atom is 0.169 e. The quantitative estimate of drug-likeness (QED) is 0.834. The Morgan fingerprint density at radius 2 is 2.00 bits per heavy atom. The number of rotatable bonds is 3. The Kier molecular flexibility index (Phi) is 3.81. The number of ketones is 1. The van der Waals surface area contributed by atoms with Crippen LogP contribution in [0.25, 0.3) is 0 Å². The van der Waals surface area contributed by atoms with Gasteiger partial charge in [0.15, 0.2) is 5.78 Å². The van der Waals surface area contributed by atoms with Crippen molar-refractivity contribution in [1.82, 2.24) is 5.32 Å². The molecule has 3 heteroatoms. The highest BCUT2D eigenvalue weighted by Gasteiger charge is 2.38. The number of aryl methyl sites for hydroxylation is 1. The van der Waals surface area contributed by atoms with E-state index >= 15 is 0 Å². The van der Waals surface area contributed by atoms with E-state index in [2.05, 4.69) is 12.2 Å². The summed E-state index contributed by atoms with van der Waals surface area (Å²) in [5, 5.41) is 3.28. The number of piperidine rings is 1. The Labute approximate surface area is 108 Å². The monoisotopic (exact) mass is 249 g/mol. The highest BCUT2D eigenvalue weighted by atomic mass is 19.1. The van der Waals surface area contributed by atoms with E-state index in [0.717, 1.165) is 37.9 Å². The first kappa shape index (κ1) is 13.2. The summed E-state index contributed by atoms with van der Waals surface area (Å²) in [4.78, 5) is 12.7. The van der Waals surface area contributed by atoms with Crippen LogP contribution in [0.4, 0.5) is 4.39 Å². The minimum Gasteiger partial charge on any atom is -0.317 e. The van der Waals surface area contributed by atoms with E-state index in [9.17, 15) is 9.18 Å². The van der Waals surface area contributed by atoms with Crippen LogP contribution in [0.15, 0.2) is 18.2 Å². The Hall–Kier alpha value is -1.22. The van der Waals surface area contributed by atoms with Crippen molar-refractivity contribution in [2.24, 2.45) is 5.41 Å². The summed E-state index contributed by atoms with van der Waals surface area (Å²) < 4.78 is 13.4. The van der Waals surface area contributed by atoms with Crippen molar-refractivity contribution in [3.05, 3.63) is 35.1 Å². The highest BCUT2D eigenvalue weighted by Crippen LogP contribution is 2.36. The molecule has 98 valence electrons. The smallest absolute Gasteiger partial charge is 0.169 e. The fourth-order valence-corrected chi connectivity index (χ4v) is 2.82. The lowest BCUT2D eigenvalue weighted by atomic mass is 9.71. The van der Waals surface area contributed by atoms with Gasteiger partial charge in [0, 0.05) is 11.0 Å². The van der Waals surface area contributed by atoms with Crippen LogP contribution >= 0.6 is 0 Å². The standard InChI is InChI=1S/C15H20FNO/c1-3-15(4-6-17-7-5-15)14(18)12-8-11(2)9-13(16)10-12/h8-10,17H,3-7H2,1-2H3. The highest BCUT2D eigenvalue weighted by molar-refractivity contribution is 6.00. The predicted octanol–water partition coefficient (Wildman–Crippen LogP) is 3.10. The Morgan fingerprint density at radius 3 is 2.56 bits per heavy atom. The second-order valence-electron chi connectivity index (χ2n) is 5.23. The van der Waals surface area contributed by atoms with Gasteiger partial charge in [0.1, 0.15) is 5.82 Å². The van der Waals surface area contributed by atoms with Crippen molar-refractivity contribution in [3.63, 3.8) is 0 Å². The first-order valence-corrected chi connectivity index (χ1v) is 6.60. The molecular weight excluding hydrogens is 229 g/mol. The van der Waals surface area contributed by atoms with Crippen LogP contribution in [0, 0.1) is 18.2 Å². The Morgan fingerprint density at radius 1 is 1.33 bits per heavy atom. The van der Waals surface area contributed by atoms with Crippen LogP contribution in [-0.4, -0.2) is 18.9 Å². The summed E-state index contributed by atoms with van der Waals surface area (Å²) in [7, 11) is 0. The summed E-state index contributed by atoms with van der Waals surface area (Å²) in [6.45, 7) is 5.61. The summed E-state index contributed by atoms with van der Waals surface area (Å²) >= 11 is 0. The molecule has 1 fully saturated rings. The average molecular weight is 249 g/mol. The zero-order chi connectivity index (χ0) is 13.2. The second-order valence-corrected chi connectivity index (χ2v) is 5.23. The van der Waals surface area contributed by atoms with Crippen LogP contribution in [0.1, 0.15) is 42.1 Å². The number of nitrogens with one attached hydrogen (secondary N) is 1. The summed E-state index contributed by atoms with van der Waals surface area (Å²) in [5.41, 5.74) is 1.03. The number of carbonyl (C=O) groups is 1. The number of Topliss-reactive ketones (excluding diaryl/α,β-unsaturated/α-hetero) is 1. The van der Waals surface area contributed by atoms with Gasteiger partial charge in [-0.1, -0.05) is 6.92 Å². The van der Waals surface area contributed by atoms with Crippen molar-refractivity contribution in [1.29, 1.82) is 0 Å². The Bertz CT molecular complexity index is 430. The molecule has 0 unspecified atom stereocenters. The normalized spacial score (nSPS) is 18.6. The van der Waals surface area contributed by atoms with Gasteiger partial charge in [0.2, 0.25) is 0 Å². The lowest BCUT2D eigenvalue weighted by Crippen LogP contribution is -2.41. The van der Waals surface area contributed by atoms with Crippen LogP contribution in [0.3, 0.4) is 0 Å². The van der Waals surface area contributed by atoms with E-state index in [1.54, 1.807) is 6.07 Å². The van der Waals surface area contributed by atoms with Crippen LogP contribution in [0.2, 0.25) is 0 Å². The van der Waals surface area contributed by atoms with Crippen molar-refractivity contribution >= 4 is 5.78 Å². The van der Waals surface area contributed by atoms with Gasteiger partial charge in [-0.15, -0.1) is 0 Å². The van der Waals surface area contributed by atoms with Gasteiger partial charge in [-0.05, 0) is 63.0 Å². The fourth-order valence-electron chi connectivity index (χ4n) is 2.82. The third kappa shape index (κ3) is 2.46. The first-order chi connectivity index (χ1) is 8.57. The lowest BCUT2D eigenvalue weighted by Gasteiger charge is -2.35. The molecule has 2 nitrogen and oxygen atoms in total. The average Bonchev–Trinajstić information content (AvgIpc) is 2.37. The molecule has 1 heterocycles. The van der Waals surface area contributed by atoms with E-state index in [1.165, 1.54) is 12.1 Å². The summed E-state index contributed by atoms with van der Waals surface area (Å²) in [6.07, 6.45) is 2.51. The Balaban J connectivity index is 2.33. The van der Waals surface area contributed by atoms with E-state index in [0.29, 0.717) is 5.56 Å². The van der Waals surface area contributed by atoms with E-state index in [-0.39, 0.29) is 17.0 Å². The molecule has 1 saturated heterocycles. The molecule has 0 spiro atoms. The van der Waals surface area contributed by atoms with Gasteiger partial charge in [-0.3, -0.25) is 4.79 Å². The summed E-state index contributed by atoms with van der Waals surface area (Å²) in [6, 6.07) is 4.62. The van der Waals surface area contributed by atoms with E-state index in [4.69, 9.17) is 0 Å². The van der Waals surface area contributed by atoms with Crippen molar-refractivity contribution in [2.45, 2.75) is 33.1 Å². The molecule has 1 N–H and O–H groups in total. The van der Waals surface area contributed by atoms with Crippen LogP contribution < -0.4 is 5.32 Å². The van der Waals surface area contributed by atoms with Crippen LogP contribution in [-0.2, 0) is 0 Å². The topological polar surface area (TPSA) is 29.1 Å². The zero-order valence-corrected chi connectivity index (χ0v) is 11.1. The predicted molar refractivity (Wildman–Crippen MR) is 70.3 cm³/mol. The molecule has 0 bridgehead atoms. The minimum absolute atomic E-state index is 0.106. The van der Waals surface area contributed by atoms with Gasteiger partial charge in [-0.2, -0.15) is 0 Å². The SMILES string of the molecule is CCC1(C(=O)c2cc(C)cc(F)c2)CCNCC1. The molecule has 0 saturated carbocycles. The van der Waals surface area contributed by atoms with Gasteiger partial charge >= 0.3 is 0 Å². The molecule has 0 radical (unpaired) electrons. The molecule has 1 aliphatic heterocycles. The number of halogens is 1. The number of benzene rings is 1. The molecule has 1 aromatic rings. The molecule has 1 aliphatic rings. The van der Waals surface area contributed by atoms with Gasteiger partial charge < -0.3 is 5.32 Å². The third-order valence-corrected chi connectivity index (χ3v) is 4.02. The molecule has 18 heavy (non-hydrogen) atoms. The first-order valence-electron chi connectivity index (χ1n) is 6.60. The fraction of sp³-hybridized carbons (Fsp3) is 0.533. The molecule has 1 aromatic carbocycles. The van der Waals surface area contributed by atoms with E-state index < -0.39 is 0 Å². The van der Waals surface area contributed by atoms with Gasteiger partial charge in [0.25, 0.3) is 0 Å². The van der Waals surface area contributed by atoms with Crippen LogP contribution in [0.5, 0.6) is 0 Å². The maximum absolute atomic E-state index is 13.4. The molecule has 0 amide bonds. The van der Waals surface area contributed by atoms with Crippen molar-refractivity contribution < 1.29 is 9.18 Å².